The van der Waals surface area contributed by atoms with Gasteiger partial charge in [0.25, 0.3) is 0 Å². The molecule has 0 aliphatic carbocycles. The molecule has 4 nitrogen and oxygen atoms in total. The molecular formula is C7H13N3O. The van der Waals surface area contributed by atoms with Crippen molar-refractivity contribution in [3.63, 3.8) is 0 Å². The summed E-state index contributed by atoms with van der Waals surface area (Å²) in [6, 6.07) is 0. The predicted molar refractivity (Wildman–Crippen MR) is 44.3 cm³/mol. The minimum absolute atomic E-state index is 0.234. The monoisotopic (exact) mass is 155 g/mol. The molecule has 0 spiro atoms. The Kier molecular flexibility index (Phi) is 6.14. The highest BCUT2D eigenvalue weighted by Crippen LogP contribution is 1.77. The van der Waals surface area contributed by atoms with E-state index in [4.69, 9.17) is 17.4 Å². The summed E-state index contributed by atoms with van der Waals surface area (Å²) in [5, 5.41) is 14.0. The molecule has 11 heavy (non-hydrogen) atoms. The van der Waals surface area contributed by atoms with E-state index >= 15 is 0 Å². The Morgan fingerprint density at radius 3 is 2.91 bits per heavy atom. The third-order valence-electron chi connectivity index (χ3n) is 1.13. The lowest BCUT2D eigenvalue weighted by atomic mass is 10.4. The third kappa shape index (κ3) is 6.68. The molecule has 0 bridgehead atoms. The van der Waals surface area contributed by atoms with Gasteiger partial charge in [0.15, 0.2) is 0 Å². The molecule has 62 valence electrons. The Hall–Kier alpha value is -1.21. The lowest BCUT2D eigenvalue weighted by Crippen LogP contribution is -2.22. The van der Waals surface area contributed by atoms with Crippen LogP contribution in [-0.2, 0) is 0 Å². The van der Waals surface area contributed by atoms with Gasteiger partial charge in [-0.2, -0.15) is 0 Å². The molecule has 0 rings (SSSR count). The molecule has 0 aromatic carbocycles. The van der Waals surface area contributed by atoms with Gasteiger partial charge in [-0.05, 0) is 0 Å². The highest BCUT2D eigenvalue weighted by atomic mass is 16.4. The fourth-order valence-electron chi connectivity index (χ4n) is 0.552. The van der Waals surface area contributed by atoms with Crippen molar-refractivity contribution >= 4 is 5.84 Å². The summed E-state index contributed by atoms with van der Waals surface area (Å²) in [5.74, 6) is 2.73. The standard InChI is InChI=1S/C7H13N3O/c1-2-3-5-9-6-4-7(8)10-11/h1,9,11H,3-6H2,(H2,8,10). The van der Waals surface area contributed by atoms with Gasteiger partial charge in [0.05, 0.1) is 0 Å². The van der Waals surface area contributed by atoms with E-state index in [0.717, 1.165) is 6.54 Å². The van der Waals surface area contributed by atoms with E-state index in [2.05, 4.69) is 16.4 Å². The maximum atomic E-state index is 8.14. The SMILES string of the molecule is C#CCCNCCC(N)=NO. The Bertz CT molecular complexity index is 160. The molecule has 4 N–H and O–H groups in total. The summed E-state index contributed by atoms with van der Waals surface area (Å²) in [6.07, 6.45) is 6.27. The van der Waals surface area contributed by atoms with Gasteiger partial charge in [0, 0.05) is 25.9 Å². The number of nitrogens with zero attached hydrogens (tertiary/aromatic N) is 1. The van der Waals surface area contributed by atoms with Crippen LogP contribution in [0.25, 0.3) is 0 Å². The Labute approximate surface area is 66.5 Å². The summed E-state index contributed by atoms with van der Waals surface area (Å²) in [4.78, 5) is 0. The second-order valence-electron chi connectivity index (χ2n) is 2.05. The molecule has 0 saturated heterocycles. The molecule has 0 atom stereocenters. The van der Waals surface area contributed by atoms with Crippen LogP contribution in [0.15, 0.2) is 5.16 Å². The zero-order valence-electron chi connectivity index (χ0n) is 6.38. The van der Waals surface area contributed by atoms with E-state index in [9.17, 15) is 0 Å². The van der Waals surface area contributed by atoms with Gasteiger partial charge >= 0.3 is 0 Å². The molecule has 0 amide bonds. The molecule has 0 aliphatic heterocycles. The summed E-state index contributed by atoms with van der Waals surface area (Å²) in [5.41, 5.74) is 5.21. The van der Waals surface area contributed by atoms with Crippen molar-refractivity contribution in [1.82, 2.24) is 5.32 Å². The number of nitrogens with one attached hydrogen (secondary N) is 1. The van der Waals surface area contributed by atoms with Gasteiger partial charge in [-0.15, -0.1) is 12.3 Å². The summed E-state index contributed by atoms with van der Waals surface area (Å²) in [6.45, 7) is 1.47. The second kappa shape index (κ2) is 6.90. The van der Waals surface area contributed by atoms with E-state index < -0.39 is 0 Å². The lowest BCUT2D eigenvalue weighted by molar-refractivity contribution is 0.316. The number of hydrogen-bond acceptors (Lipinski definition) is 3. The van der Waals surface area contributed by atoms with Gasteiger partial charge in [-0.1, -0.05) is 5.16 Å². The van der Waals surface area contributed by atoms with Crippen molar-refractivity contribution < 1.29 is 5.21 Å². The van der Waals surface area contributed by atoms with E-state index in [1.165, 1.54) is 0 Å². The molecule has 0 fully saturated rings. The van der Waals surface area contributed by atoms with Crippen molar-refractivity contribution in [2.75, 3.05) is 13.1 Å². The molecule has 0 unspecified atom stereocenters. The molecule has 0 aliphatic rings. The van der Waals surface area contributed by atoms with Crippen LogP contribution in [0, 0.1) is 12.3 Å². The van der Waals surface area contributed by atoms with Crippen LogP contribution < -0.4 is 11.1 Å². The van der Waals surface area contributed by atoms with Crippen molar-refractivity contribution in [2.24, 2.45) is 10.9 Å². The largest absolute Gasteiger partial charge is 0.409 e. The number of terminal acetylenes is 1. The first-order valence-electron chi connectivity index (χ1n) is 3.42. The number of amidine groups is 1. The number of hydrogen-bond donors (Lipinski definition) is 3. The molecule has 0 aromatic heterocycles. The van der Waals surface area contributed by atoms with Gasteiger partial charge in [-0.25, -0.2) is 0 Å². The van der Waals surface area contributed by atoms with Crippen LogP contribution in [0.4, 0.5) is 0 Å². The van der Waals surface area contributed by atoms with E-state index in [1.807, 2.05) is 0 Å². The summed E-state index contributed by atoms with van der Waals surface area (Å²) >= 11 is 0. The predicted octanol–water partition coefficient (Wildman–Crippen LogP) is -0.264. The number of rotatable bonds is 5. The maximum absolute atomic E-state index is 8.14. The Morgan fingerprint density at radius 1 is 1.64 bits per heavy atom. The number of oxime groups is 1. The highest BCUT2D eigenvalue weighted by Gasteiger charge is 1.90. The molecule has 0 aromatic rings. The summed E-state index contributed by atoms with van der Waals surface area (Å²) in [7, 11) is 0. The lowest BCUT2D eigenvalue weighted by Gasteiger charge is -1.99. The number of nitrogens with two attached hydrogens (primary N) is 1. The minimum atomic E-state index is 0.234. The van der Waals surface area contributed by atoms with Crippen LogP contribution in [0.1, 0.15) is 12.8 Å². The van der Waals surface area contributed by atoms with Gasteiger partial charge < -0.3 is 16.3 Å². The van der Waals surface area contributed by atoms with Crippen LogP contribution in [0.2, 0.25) is 0 Å². The molecule has 4 heteroatoms. The first-order chi connectivity index (χ1) is 5.31. The van der Waals surface area contributed by atoms with E-state index in [-0.39, 0.29) is 5.84 Å². The van der Waals surface area contributed by atoms with E-state index in [1.54, 1.807) is 0 Å². The Balaban J connectivity index is 3.10. The van der Waals surface area contributed by atoms with Crippen molar-refractivity contribution in [1.29, 1.82) is 0 Å². The van der Waals surface area contributed by atoms with Gasteiger partial charge in [0.2, 0.25) is 0 Å². The normalized spacial score (nSPS) is 11.0. The zero-order chi connectivity index (χ0) is 8.53. The molecular weight excluding hydrogens is 142 g/mol. The fraction of sp³-hybridized carbons (Fsp3) is 0.571. The fourth-order valence-corrected chi connectivity index (χ4v) is 0.552. The first kappa shape index (κ1) is 9.79. The van der Waals surface area contributed by atoms with Gasteiger partial charge in [-0.3, -0.25) is 0 Å². The quantitative estimate of drug-likeness (QED) is 0.128. The highest BCUT2D eigenvalue weighted by molar-refractivity contribution is 5.79. The van der Waals surface area contributed by atoms with Crippen molar-refractivity contribution in [3.05, 3.63) is 0 Å². The maximum Gasteiger partial charge on any atom is 0.140 e. The first-order valence-corrected chi connectivity index (χ1v) is 3.42. The molecule has 0 saturated carbocycles. The summed E-state index contributed by atoms with van der Waals surface area (Å²) < 4.78 is 0. The van der Waals surface area contributed by atoms with Crippen molar-refractivity contribution in [2.45, 2.75) is 12.8 Å². The topological polar surface area (TPSA) is 70.6 Å². The van der Waals surface area contributed by atoms with Crippen LogP contribution >= 0.6 is 0 Å². The molecule has 0 radical (unpaired) electrons. The minimum Gasteiger partial charge on any atom is -0.409 e. The van der Waals surface area contributed by atoms with E-state index in [0.29, 0.717) is 19.4 Å². The van der Waals surface area contributed by atoms with Crippen LogP contribution in [-0.4, -0.2) is 24.1 Å². The van der Waals surface area contributed by atoms with Crippen molar-refractivity contribution in [3.8, 4) is 12.3 Å². The third-order valence-corrected chi connectivity index (χ3v) is 1.13. The smallest absolute Gasteiger partial charge is 0.140 e. The average molecular weight is 155 g/mol. The van der Waals surface area contributed by atoms with Gasteiger partial charge in [0.1, 0.15) is 5.84 Å². The molecule has 0 heterocycles. The van der Waals surface area contributed by atoms with Crippen LogP contribution in [0.5, 0.6) is 0 Å². The average Bonchev–Trinajstić information content (AvgIpc) is 2.04. The zero-order valence-corrected chi connectivity index (χ0v) is 6.38. The van der Waals surface area contributed by atoms with Crippen LogP contribution in [0.3, 0.4) is 0 Å². The second-order valence-corrected chi connectivity index (χ2v) is 2.05. The Morgan fingerprint density at radius 2 is 2.36 bits per heavy atom.